The highest BCUT2D eigenvalue weighted by Gasteiger charge is 2.27. The van der Waals surface area contributed by atoms with Gasteiger partial charge in [0.2, 0.25) is 5.91 Å². The summed E-state index contributed by atoms with van der Waals surface area (Å²) >= 11 is 0. The van der Waals surface area contributed by atoms with Crippen molar-refractivity contribution in [2.75, 3.05) is 6.61 Å². The lowest BCUT2D eigenvalue weighted by molar-refractivity contribution is -0.134. The zero-order valence-corrected chi connectivity index (χ0v) is 7.84. The van der Waals surface area contributed by atoms with Gasteiger partial charge in [0, 0.05) is 18.8 Å². The Balaban J connectivity index is 2.04. The smallest absolute Gasteiger partial charge is 0.243 e. The van der Waals surface area contributed by atoms with Gasteiger partial charge in [0.05, 0.1) is 6.61 Å². The zero-order chi connectivity index (χ0) is 9.68. The Morgan fingerprint density at radius 1 is 1.69 bits per heavy atom. The van der Waals surface area contributed by atoms with E-state index >= 15 is 0 Å². The summed E-state index contributed by atoms with van der Waals surface area (Å²) in [5, 5.41) is 0. The van der Waals surface area contributed by atoms with Crippen molar-refractivity contribution >= 4 is 11.7 Å². The average Bonchev–Trinajstić information content (AvgIpc) is 2.12. The van der Waals surface area contributed by atoms with Crippen LogP contribution in [0.5, 0.6) is 0 Å². The van der Waals surface area contributed by atoms with Gasteiger partial charge in [-0.25, -0.2) is 5.48 Å². The Morgan fingerprint density at radius 2 is 2.46 bits per heavy atom. The molecular formula is C9H15NO3. The Labute approximate surface area is 77.6 Å². The van der Waals surface area contributed by atoms with Crippen LogP contribution < -0.4 is 5.48 Å². The summed E-state index contributed by atoms with van der Waals surface area (Å²) in [6.45, 7) is 2.27. The Morgan fingerprint density at radius 3 is 2.92 bits per heavy atom. The molecule has 1 N–H and O–H groups in total. The normalized spacial score (nSPS) is 21.0. The number of hydroxylamine groups is 1. The molecule has 0 saturated heterocycles. The highest BCUT2D eigenvalue weighted by atomic mass is 16.6. The molecule has 1 rings (SSSR count). The molecule has 4 heteroatoms. The van der Waals surface area contributed by atoms with Crippen LogP contribution in [0.1, 0.15) is 32.6 Å². The number of hydrogen-bond acceptors (Lipinski definition) is 3. The van der Waals surface area contributed by atoms with Gasteiger partial charge in [-0.2, -0.15) is 0 Å². The van der Waals surface area contributed by atoms with Crippen molar-refractivity contribution in [2.45, 2.75) is 32.6 Å². The van der Waals surface area contributed by atoms with Crippen molar-refractivity contribution < 1.29 is 14.4 Å². The fourth-order valence-electron chi connectivity index (χ4n) is 1.28. The molecule has 0 radical (unpaired) electrons. The van der Waals surface area contributed by atoms with E-state index in [1.807, 2.05) is 0 Å². The second-order valence-electron chi connectivity index (χ2n) is 3.20. The third-order valence-electron chi connectivity index (χ3n) is 2.24. The first kappa shape index (κ1) is 10.2. The summed E-state index contributed by atoms with van der Waals surface area (Å²) in [6, 6.07) is 0. The number of carbonyl (C=O) groups excluding carboxylic acids is 2. The predicted molar refractivity (Wildman–Crippen MR) is 46.7 cm³/mol. The molecule has 13 heavy (non-hydrogen) atoms. The maximum Gasteiger partial charge on any atom is 0.243 e. The van der Waals surface area contributed by atoms with E-state index in [1.165, 1.54) is 0 Å². The van der Waals surface area contributed by atoms with E-state index < -0.39 is 0 Å². The monoisotopic (exact) mass is 185 g/mol. The first-order valence-electron chi connectivity index (χ1n) is 4.67. The maximum absolute atomic E-state index is 11.0. The van der Waals surface area contributed by atoms with Crippen molar-refractivity contribution in [3.05, 3.63) is 0 Å². The molecule has 1 saturated carbocycles. The lowest BCUT2D eigenvalue weighted by Gasteiger charge is -2.23. The number of ketones is 1. The van der Waals surface area contributed by atoms with Crippen LogP contribution in [0, 0.1) is 5.92 Å². The fourth-order valence-corrected chi connectivity index (χ4v) is 1.28. The van der Waals surface area contributed by atoms with Crippen LogP contribution in [0.25, 0.3) is 0 Å². The molecule has 0 aromatic rings. The van der Waals surface area contributed by atoms with Crippen LogP contribution in [0.15, 0.2) is 0 Å². The predicted octanol–water partition coefficient (Wildman–Crippen LogP) is 0.813. The molecule has 1 fully saturated rings. The Kier molecular flexibility index (Phi) is 3.89. The molecule has 0 bridgehead atoms. The molecule has 1 aliphatic rings. The van der Waals surface area contributed by atoms with Crippen molar-refractivity contribution in [2.24, 2.45) is 5.92 Å². The van der Waals surface area contributed by atoms with E-state index in [2.05, 4.69) is 5.48 Å². The van der Waals surface area contributed by atoms with E-state index in [0.717, 1.165) is 6.42 Å². The van der Waals surface area contributed by atoms with E-state index in [0.29, 0.717) is 31.7 Å². The van der Waals surface area contributed by atoms with Gasteiger partial charge in [-0.3, -0.25) is 14.4 Å². The summed E-state index contributed by atoms with van der Waals surface area (Å²) in [5.41, 5.74) is 2.30. The fraction of sp³-hybridized carbons (Fsp3) is 0.778. The van der Waals surface area contributed by atoms with Gasteiger partial charge in [-0.05, 0) is 19.8 Å². The summed E-state index contributed by atoms with van der Waals surface area (Å²) in [5.74, 6) is 0.290. The third-order valence-corrected chi connectivity index (χ3v) is 2.24. The minimum absolute atomic E-state index is 0.132. The van der Waals surface area contributed by atoms with Gasteiger partial charge in [-0.15, -0.1) is 0 Å². The lowest BCUT2D eigenvalue weighted by Crippen LogP contribution is -2.29. The molecule has 0 aliphatic heterocycles. The number of nitrogens with one attached hydrogen (secondary N) is 1. The molecule has 1 amide bonds. The van der Waals surface area contributed by atoms with Crippen molar-refractivity contribution in [3.8, 4) is 0 Å². The highest BCUT2D eigenvalue weighted by Crippen LogP contribution is 2.26. The summed E-state index contributed by atoms with van der Waals surface area (Å²) < 4.78 is 0. The molecular weight excluding hydrogens is 170 g/mol. The summed E-state index contributed by atoms with van der Waals surface area (Å²) in [7, 11) is 0. The van der Waals surface area contributed by atoms with Gasteiger partial charge in [0.15, 0.2) is 0 Å². The third kappa shape index (κ3) is 3.14. The van der Waals surface area contributed by atoms with E-state index in [1.54, 1.807) is 6.92 Å². The zero-order valence-electron chi connectivity index (χ0n) is 7.84. The van der Waals surface area contributed by atoms with Crippen LogP contribution >= 0.6 is 0 Å². The van der Waals surface area contributed by atoms with E-state index in [4.69, 9.17) is 4.84 Å². The minimum atomic E-state index is -0.137. The molecule has 0 aromatic heterocycles. The topological polar surface area (TPSA) is 55.4 Å². The number of amides is 1. The number of hydrogen-bond donors (Lipinski definition) is 1. The van der Waals surface area contributed by atoms with Gasteiger partial charge in [0.25, 0.3) is 0 Å². The van der Waals surface area contributed by atoms with Crippen LogP contribution in [0.2, 0.25) is 0 Å². The number of Topliss-reactive ketones (excluding diaryl/α,β-unsaturated/α-hetero) is 1. The van der Waals surface area contributed by atoms with Crippen LogP contribution in [-0.2, 0) is 14.4 Å². The Hall–Kier alpha value is -0.900. The first-order chi connectivity index (χ1) is 6.24. The standard InChI is InChI=1S/C9H15NO3/c1-2-13-10-9(12)6-4-7-3-5-8(7)11/h7H,2-6H2,1H3,(H,10,12). The number of carbonyl (C=O) groups is 2. The molecule has 0 spiro atoms. The van der Waals surface area contributed by atoms with Crippen molar-refractivity contribution in [3.63, 3.8) is 0 Å². The maximum atomic E-state index is 11.0. The van der Waals surface area contributed by atoms with E-state index in [-0.39, 0.29) is 11.8 Å². The SMILES string of the molecule is CCONC(=O)CCC1CCC1=O. The van der Waals surface area contributed by atoms with Gasteiger partial charge in [0.1, 0.15) is 5.78 Å². The Bertz CT molecular complexity index is 203. The van der Waals surface area contributed by atoms with Gasteiger partial charge >= 0.3 is 0 Å². The minimum Gasteiger partial charge on any atom is -0.299 e. The van der Waals surface area contributed by atoms with E-state index in [9.17, 15) is 9.59 Å². The lowest BCUT2D eigenvalue weighted by atomic mass is 9.80. The summed E-state index contributed by atoms with van der Waals surface area (Å²) in [4.78, 5) is 26.6. The van der Waals surface area contributed by atoms with Gasteiger partial charge in [-0.1, -0.05) is 0 Å². The largest absolute Gasteiger partial charge is 0.299 e. The molecule has 4 nitrogen and oxygen atoms in total. The molecule has 1 atom stereocenters. The summed E-state index contributed by atoms with van der Waals surface area (Å²) in [6.07, 6.45) is 2.69. The highest BCUT2D eigenvalue weighted by molar-refractivity contribution is 5.87. The van der Waals surface area contributed by atoms with Crippen molar-refractivity contribution in [1.82, 2.24) is 5.48 Å². The number of rotatable bonds is 5. The molecule has 1 aliphatic carbocycles. The van der Waals surface area contributed by atoms with Crippen LogP contribution in [0.4, 0.5) is 0 Å². The van der Waals surface area contributed by atoms with Crippen molar-refractivity contribution in [1.29, 1.82) is 0 Å². The van der Waals surface area contributed by atoms with Gasteiger partial charge < -0.3 is 0 Å². The molecule has 74 valence electrons. The van der Waals surface area contributed by atoms with Crippen LogP contribution in [0.3, 0.4) is 0 Å². The molecule has 0 heterocycles. The second kappa shape index (κ2) is 4.97. The average molecular weight is 185 g/mol. The first-order valence-corrected chi connectivity index (χ1v) is 4.67. The van der Waals surface area contributed by atoms with Crippen LogP contribution in [-0.4, -0.2) is 18.3 Å². The molecule has 1 unspecified atom stereocenters. The quantitative estimate of drug-likeness (QED) is 0.645. The molecule has 0 aromatic carbocycles. The second-order valence-corrected chi connectivity index (χ2v) is 3.20.